The van der Waals surface area contributed by atoms with Crippen molar-refractivity contribution in [2.45, 2.75) is 130 Å². The van der Waals surface area contributed by atoms with Gasteiger partial charge in [0.05, 0.1) is 0 Å². The molecule has 0 bridgehead atoms. The van der Waals surface area contributed by atoms with Crippen molar-refractivity contribution in [1.29, 1.82) is 0 Å². The van der Waals surface area contributed by atoms with Crippen LogP contribution in [-0.4, -0.2) is 37.0 Å². The highest BCUT2D eigenvalue weighted by Gasteiger charge is 2.51. The molecule has 0 aliphatic carbocycles. The minimum atomic E-state index is -3.63. The average molecular weight is 583 g/mol. The van der Waals surface area contributed by atoms with Gasteiger partial charge in [0.1, 0.15) is 5.40 Å². The maximum atomic E-state index is 14.4. The first-order valence-corrected chi connectivity index (χ1v) is 27.1. The van der Waals surface area contributed by atoms with Gasteiger partial charge in [-0.05, 0) is 112 Å². The lowest BCUT2D eigenvalue weighted by atomic mass is 10.1. The molecule has 0 aliphatic rings. The molecule has 2 unspecified atom stereocenters. The van der Waals surface area contributed by atoms with Crippen LogP contribution in [-0.2, 0) is 21.8 Å². The Labute approximate surface area is 221 Å². The van der Waals surface area contributed by atoms with Crippen LogP contribution in [0.15, 0.2) is 23.3 Å². The largest absolute Gasteiger partial charge is 0.370 e. The van der Waals surface area contributed by atoms with Crippen LogP contribution in [0, 0.1) is 0 Å². The zero-order valence-electron chi connectivity index (χ0n) is 25.1. The van der Waals surface area contributed by atoms with Gasteiger partial charge in [-0.3, -0.25) is 9.13 Å². The highest BCUT2D eigenvalue weighted by Crippen LogP contribution is 2.72. The Bertz CT molecular complexity index is 781. The number of rotatable bonds is 17. The summed E-state index contributed by atoms with van der Waals surface area (Å²) in [6, 6.07) is 0. The number of hydrogen-bond donors (Lipinski definition) is 0. The van der Waals surface area contributed by atoms with E-state index in [1.54, 1.807) is 6.66 Å². The van der Waals surface area contributed by atoms with E-state index in [0.29, 0.717) is 6.42 Å². The van der Waals surface area contributed by atoms with E-state index >= 15 is 0 Å². The smallest absolute Gasteiger partial charge is 0.324 e. The van der Waals surface area contributed by atoms with Gasteiger partial charge in [-0.1, -0.05) is 36.1 Å². The molecule has 208 valence electrons. The molecule has 0 rings (SSSR count). The topological polar surface area (TPSA) is 61.8 Å². The Morgan fingerprint density at radius 3 is 1.63 bits per heavy atom. The van der Waals surface area contributed by atoms with Crippen molar-refractivity contribution in [2.75, 3.05) is 6.66 Å². The third-order valence-corrected chi connectivity index (χ3v) is 19.4. The van der Waals surface area contributed by atoms with Crippen molar-refractivity contribution in [3.8, 4) is 0 Å². The molecule has 0 spiro atoms. The Morgan fingerprint density at radius 2 is 1.20 bits per heavy atom. The fourth-order valence-corrected chi connectivity index (χ4v) is 20.7. The molecular formula is C25H56O5P2Si3. The van der Waals surface area contributed by atoms with E-state index in [1.807, 2.05) is 58.9 Å². The molecule has 0 saturated carbocycles. The van der Waals surface area contributed by atoms with Gasteiger partial charge in [-0.2, -0.15) is 0 Å². The SMILES string of the molecule is CC(C)=CCC/C(C)=C/CCCCCC(P(C)(=O)O[Si](C)(C)C)P(=O)(O[Si](C)(C)C)O[Si](C)(C)C. The van der Waals surface area contributed by atoms with Gasteiger partial charge in [0.15, 0.2) is 25.0 Å². The third-order valence-electron chi connectivity index (χ3n) is 4.91. The highest BCUT2D eigenvalue weighted by atomic mass is 31.2. The first-order valence-electron chi connectivity index (χ1n) is 13.1. The van der Waals surface area contributed by atoms with Crippen molar-refractivity contribution in [3.05, 3.63) is 23.3 Å². The summed E-state index contributed by atoms with van der Waals surface area (Å²) in [4.78, 5) is 0. The van der Waals surface area contributed by atoms with Crippen molar-refractivity contribution < 1.29 is 21.8 Å². The molecule has 0 saturated heterocycles. The second-order valence-electron chi connectivity index (χ2n) is 13.0. The summed E-state index contributed by atoms with van der Waals surface area (Å²) in [7, 11) is -13.4. The molecule has 0 N–H and O–H groups in total. The fourth-order valence-electron chi connectivity index (χ4n) is 3.84. The Morgan fingerprint density at radius 1 is 0.714 bits per heavy atom. The van der Waals surface area contributed by atoms with Crippen molar-refractivity contribution in [1.82, 2.24) is 0 Å². The van der Waals surface area contributed by atoms with Gasteiger partial charge in [0, 0.05) is 6.66 Å². The molecule has 0 heterocycles. The Hall–Kier alpha value is 0.471. The molecule has 5 nitrogen and oxygen atoms in total. The summed E-state index contributed by atoms with van der Waals surface area (Å²) in [6.07, 6.45) is 11.3. The molecule has 0 aromatic carbocycles. The van der Waals surface area contributed by atoms with Crippen LogP contribution in [0.5, 0.6) is 0 Å². The maximum absolute atomic E-state index is 14.4. The summed E-state index contributed by atoms with van der Waals surface area (Å²) in [6.45, 7) is 26.3. The monoisotopic (exact) mass is 582 g/mol. The molecule has 10 heteroatoms. The van der Waals surface area contributed by atoms with Gasteiger partial charge in [-0.15, -0.1) is 0 Å². The van der Waals surface area contributed by atoms with Crippen molar-refractivity contribution in [3.63, 3.8) is 0 Å². The van der Waals surface area contributed by atoms with Crippen LogP contribution in [0.25, 0.3) is 0 Å². The summed E-state index contributed by atoms with van der Waals surface area (Å²) >= 11 is 0. The first kappa shape index (κ1) is 35.5. The van der Waals surface area contributed by atoms with E-state index < -0.39 is 45.3 Å². The van der Waals surface area contributed by atoms with Gasteiger partial charge >= 0.3 is 7.60 Å². The van der Waals surface area contributed by atoms with Crippen LogP contribution in [0.4, 0.5) is 0 Å². The normalized spacial score (nSPS) is 16.7. The molecule has 0 radical (unpaired) electrons. The summed E-state index contributed by atoms with van der Waals surface area (Å²) < 4.78 is 47.2. The minimum absolute atomic E-state index is 0.535. The quantitative estimate of drug-likeness (QED) is 0.0739. The maximum Gasteiger partial charge on any atom is 0.324 e. The van der Waals surface area contributed by atoms with Gasteiger partial charge in [-0.25, -0.2) is 0 Å². The zero-order valence-corrected chi connectivity index (χ0v) is 29.9. The lowest BCUT2D eigenvalue weighted by Crippen LogP contribution is -2.34. The molecule has 0 aliphatic heterocycles. The number of hydrogen-bond acceptors (Lipinski definition) is 5. The van der Waals surface area contributed by atoms with E-state index in [-0.39, 0.29) is 0 Å². The minimum Gasteiger partial charge on any atom is -0.370 e. The second kappa shape index (κ2) is 14.6. The lowest BCUT2D eigenvalue weighted by Gasteiger charge is -2.39. The first-order chi connectivity index (χ1) is 15.6. The Kier molecular flexibility index (Phi) is 14.8. The highest BCUT2D eigenvalue weighted by molar-refractivity contribution is 7.76. The fraction of sp³-hybridized carbons (Fsp3) is 0.840. The van der Waals surface area contributed by atoms with E-state index in [2.05, 4.69) is 32.9 Å². The van der Waals surface area contributed by atoms with Crippen LogP contribution >= 0.6 is 15.0 Å². The standard InChI is InChI=1S/C25H56O5P2Si3/c1-23(2)19-18-21-24(3)20-16-14-15-17-22-25(31(4,26)28-33(5,6)7)32(27,29-34(8,9)10)30-35(11,12)13/h19-20,25H,14-18,21-22H2,1-13H3/b24-20+. The van der Waals surface area contributed by atoms with E-state index in [1.165, 1.54) is 11.1 Å². The summed E-state index contributed by atoms with van der Waals surface area (Å²) in [5.74, 6) is 0. The predicted molar refractivity (Wildman–Crippen MR) is 164 cm³/mol. The van der Waals surface area contributed by atoms with E-state index in [0.717, 1.165) is 38.5 Å². The zero-order chi connectivity index (χ0) is 27.7. The summed E-state index contributed by atoms with van der Waals surface area (Å²) in [5, 5.41) is -0.707. The van der Waals surface area contributed by atoms with Crippen molar-refractivity contribution in [2.24, 2.45) is 0 Å². The van der Waals surface area contributed by atoms with Crippen molar-refractivity contribution >= 4 is 39.9 Å². The molecule has 0 aromatic heterocycles. The van der Waals surface area contributed by atoms with Gasteiger partial charge < -0.3 is 12.6 Å². The van der Waals surface area contributed by atoms with E-state index in [4.69, 9.17) is 12.6 Å². The number of allylic oxidation sites excluding steroid dienone is 4. The molecule has 35 heavy (non-hydrogen) atoms. The Balaban J connectivity index is 5.53. The second-order valence-corrected chi connectivity index (χ2v) is 32.5. The van der Waals surface area contributed by atoms with Crippen LogP contribution in [0.3, 0.4) is 0 Å². The van der Waals surface area contributed by atoms with Crippen LogP contribution < -0.4 is 0 Å². The molecule has 0 fully saturated rings. The van der Waals surface area contributed by atoms with Crippen LogP contribution in [0.1, 0.15) is 65.7 Å². The summed E-state index contributed by atoms with van der Waals surface area (Å²) in [5.41, 5.74) is 2.80. The average Bonchev–Trinajstić information content (AvgIpc) is 2.54. The van der Waals surface area contributed by atoms with Gasteiger partial charge in [0.25, 0.3) is 0 Å². The van der Waals surface area contributed by atoms with E-state index in [9.17, 15) is 9.13 Å². The molecule has 2 atom stereocenters. The molecule has 0 amide bonds. The van der Waals surface area contributed by atoms with Gasteiger partial charge in [0.2, 0.25) is 7.37 Å². The molecular weight excluding hydrogens is 526 g/mol. The predicted octanol–water partition coefficient (Wildman–Crippen LogP) is 10.6. The third kappa shape index (κ3) is 17.6. The molecule has 0 aromatic rings. The lowest BCUT2D eigenvalue weighted by molar-refractivity contribution is 0.369. The van der Waals surface area contributed by atoms with Crippen LogP contribution in [0.2, 0.25) is 58.9 Å². The number of unbranched alkanes of at least 4 members (excludes halogenated alkanes) is 3.